The topological polar surface area (TPSA) is 83.0 Å². The van der Waals surface area contributed by atoms with E-state index in [9.17, 15) is 8.42 Å². The molecule has 0 aromatic carbocycles. The first-order valence-electron chi connectivity index (χ1n) is 10.3. The van der Waals surface area contributed by atoms with Gasteiger partial charge in [-0.2, -0.15) is 0 Å². The number of nitrogens with zero attached hydrogens (tertiary/aromatic N) is 2. The number of hydrogen-bond acceptors (Lipinski definition) is 5. The number of guanidine groups is 1. The van der Waals surface area contributed by atoms with E-state index in [0.717, 1.165) is 51.5 Å². The summed E-state index contributed by atoms with van der Waals surface area (Å²) in [6.07, 6.45) is 4.83. The number of aliphatic imine (C=N–C) groups is 1. The predicted molar refractivity (Wildman–Crippen MR) is 109 cm³/mol. The number of nitrogens with one attached hydrogen (secondary N) is 2. The molecule has 156 valence electrons. The predicted octanol–water partition coefficient (Wildman–Crippen LogP) is 0.864. The molecule has 7 nitrogen and oxygen atoms in total. The minimum Gasteiger partial charge on any atom is -0.377 e. The summed E-state index contributed by atoms with van der Waals surface area (Å²) in [6, 6.07) is 0.786. The van der Waals surface area contributed by atoms with Gasteiger partial charge in [-0.05, 0) is 26.2 Å². The van der Waals surface area contributed by atoms with Gasteiger partial charge in [0.1, 0.15) is 9.84 Å². The largest absolute Gasteiger partial charge is 0.377 e. The zero-order valence-electron chi connectivity index (χ0n) is 17.2. The number of hydrogen-bond donors (Lipinski definition) is 2. The van der Waals surface area contributed by atoms with E-state index >= 15 is 0 Å². The molecule has 2 N–H and O–H groups in total. The average molecular weight is 401 g/mol. The lowest BCUT2D eigenvalue weighted by atomic mass is 9.57. The van der Waals surface area contributed by atoms with E-state index < -0.39 is 9.84 Å². The van der Waals surface area contributed by atoms with Crippen molar-refractivity contribution in [3.05, 3.63) is 0 Å². The van der Waals surface area contributed by atoms with Crippen LogP contribution in [0.15, 0.2) is 4.99 Å². The Morgan fingerprint density at radius 3 is 2.56 bits per heavy atom. The van der Waals surface area contributed by atoms with Crippen LogP contribution in [-0.2, 0) is 14.6 Å². The molecule has 3 fully saturated rings. The summed E-state index contributed by atoms with van der Waals surface area (Å²) in [4.78, 5) is 6.92. The van der Waals surface area contributed by atoms with Gasteiger partial charge >= 0.3 is 0 Å². The van der Waals surface area contributed by atoms with Gasteiger partial charge in [0.05, 0.1) is 11.9 Å². The second kappa shape index (κ2) is 8.25. The SMILES string of the molecule is CCN=C(NC1CCN(CCS(C)(=O)=O)CC1)NC1C2CCOC2C1(C)C. The van der Waals surface area contributed by atoms with Gasteiger partial charge in [-0.15, -0.1) is 0 Å². The second-order valence-corrected chi connectivity index (χ2v) is 11.2. The summed E-state index contributed by atoms with van der Waals surface area (Å²) in [7, 11) is -2.89. The van der Waals surface area contributed by atoms with E-state index in [4.69, 9.17) is 4.74 Å². The Morgan fingerprint density at radius 2 is 1.93 bits per heavy atom. The summed E-state index contributed by atoms with van der Waals surface area (Å²) >= 11 is 0. The highest BCUT2D eigenvalue weighted by atomic mass is 32.2. The van der Waals surface area contributed by atoms with Crippen LogP contribution < -0.4 is 10.6 Å². The molecule has 0 aromatic heterocycles. The molecular weight excluding hydrogens is 364 g/mol. The molecule has 0 amide bonds. The highest BCUT2D eigenvalue weighted by Gasteiger charge is 2.59. The molecule has 3 rings (SSSR count). The summed E-state index contributed by atoms with van der Waals surface area (Å²) in [6.45, 7) is 10.7. The lowest BCUT2D eigenvalue weighted by Crippen LogP contribution is -2.68. The molecule has 2 saturated heterocycles. The van der Waals surface area contributed by atoms with Crippen molar-refractivity contribution in [2.24, 2.45) is 16.3 Å². The standard InChI is InChI=1S/C19H36N4O3S/c1-5-20-18(22-16-15-8-12-26-17(15)19(16,2)3)21-14-6-9-23(10-7-14)11-13-27(4,24)25/h14-17H,5-13H2,1-4H3,(H2,20,21,22). The van der Waals surface area contributed by atoms with Crippen molar-refractivity contribution < 1.29 is 13.2 Å². The first-order valence-corrected chi connectivity index (χ1v) is 12.4. The van der Waals surface area contributed by atoms with E-state index in [0.29, 0.717) is 30.7 Å². The van der Waals surface area contributed by atoms with Crippen LogP contribution in [0.25, 0.3) is 0 Å². The van der Waals surface area contributed by atoms with Crippen LogP contribution in [0.5, 0.6) is 0 Å². The zero-order chi connectivity index (χ0) is 19.7. The molecule has 1 aliphatic carbocycles. The first kappa shape index (κ1) is 20.9. The number of likely N-dealkylation sites (tertiary alicyclic amines) is 1. The van der Waals surface area contributed by atoms with E-state index in [1.54, 1.807) is 0 Å². The fraction of sp³-hybridized carbons (Fsp3) is 0.947. The molecule has 2 aliphatic heterocycles. The maximum atomic E-state index is 11.4. The maximum absolute atomic E-state index is 11.4. The lowest BCUT2D eigenvalue weighted by molar-refractivity contribution is -0.106. The molecule has 0 aromatic rings. The molecule has 27 heavy (non-hydrogen) atoms. The van der Waals surface area contributed by atoms with Gasteiger partial charge < -0.3 is 20.3 Å². The van der Waals surface area contributed by atoms with Crippen molar-refractivity contribution in [1.29, 1.82) is 0 Å². The summed E-state index contributed by atoms with van der Waals surface area (Å²) in [5.41, 5.74) is 0.131. The van der Waals surface area contributed by atoms with Gasteiger partial charge in [0, 0.05) is 62.5 Å². The third-order valence-corrected chi connectivity index (χ3v) is 7.34. The molecule has 1 saturated carbocycles. The fourth-order valence-corrected chi connectivity index (χ4v) is 5.43. The van der Waals surface area contributed by atoms with Crippen LogP contribution in [0.3, 0.4) is 0 Å². The van der Waals surface area contributed by atoms with Gasteiger partial charge in [-0.3, -0.25) is 4.99 Å². The Morgan fingerprint density at radius 1 is 1.22 bits per heavy atom. The summed E-state index contributed by atoms with van der Waals surface area (Å²) in [5, 5.41) is 7.31. The monoisotopic (exact) mass is 400 g/mol. The Hall–Kier alpha value is -0.860. The van der Waals surface area contributed by atoms with Crippen molar-refractivity contribution in [1.82, 2.24) is 15.5 Å². The molecule has 0 bridgehead atoms. The molecule has 0 spiro atoms. The molecule has 8 heteroatoms. The highest BCUT2D eigenvalue weighted by Crippen LogP contribution is 2.52. The van der Waals surface area contributed by atoms with E-state index in [1.165, 1.54) is 6.26 Å². The van der Waals surface area contributed by atoms with E-state index in [1.807, 2.05) is 0 Å². The van der Waals surface area contributed by atoms with Gasteiger partial charge in [0.15, 0.2) is 5.96 Å². The number of rotatable bonds is 6. The van der Waals surface area contributed by atoms with Crippen molar-refractivity contribution in [3.63, 3.8) is 0 Å². The summed E-state index contributed by atoms with van der Waals surface area (Å²) < 4.78 is 28.6. The van der Waals surface area contributed by atoms with Crippen LogP contribution >= 0.6 is 0 Å². The fourth-order valence-electron chi connectivity index (χ4n) is 4.84. The normalized spacial score (nSPS) is 32.0. The Bertz CT molecular complexity index is 641. The Balaban J connectivity index is 1.49. The van der Waals surface area contributed by atoms with Crippen LogP contribution in [0.4, 0.5) is 0 Å². The number of piperidine rings is 1. The smallest absolute Gasteiger partial charge is 0.191 e. The maximum Gasteiger partial charge on any atom is 0.191 e. The molecule has 3 unspecified atom stereocenters. The molecular formula is C19H36N4O3S. The minimum atomic E-state index is -2.89. The van der Waals surface area contributed by atoms with Crippen molar-refractivity contribution in [3.8, 4) is 0 Å². The third-order valence-electron chi connectivity index (χ3n) is 6.42. The van der Waals surface area contributed by atoms with Crippen LogP contribution in [-0.4, -0.2) is 82.3 Å². The number of sulfone groups is 1. The molecule has 3 aliphatic rings. The molecule has 0 radical (unpaired) electrons. The third kappa shape index (κ3) is 4.95. The van der Waals surface area contributed by atoms with Crippen molar-refractivity contribution >= 4 is 15.8 Å². The first-order chi connectivity index (χ1) is 12.7. The molecule has 3 atom stereocenters. The van der Waals surface area contributed by atoms with Gasteiger partial charge in [-0.1, -0.05) is 13.8 Å². The van der Waals surface area contributed by atoms with Crippen molar-refractivity contribution in [2.45, 2.75) is 58.2 Å². The average Bonchev–Trinajstić information content (AvgIpc) is 3.05. The lowest BCUT2D eigenvalue weighted by Gasteiger charge is -2.55. The van der Waals surface area contributed by atoms with Crippen molar-refractivity contribution in [2.75, 3.05) is 44.8 Å². The van der Waals surface area contributed by atoms with Crippen LogP contribution in [0.2, 0.25) is 0 Å². The Kier molecular flexibility index (Phi) is 6.37. The summed E-state index contributed by atoms with van der Waals surface area (Å²) in [5.74, 6) is 1.74. The van der Waals surface area contributed by atoms with E-state index in [2.05, 4.69) is 41.3 Å². The highest BCUT2D eigenvalue weighted by molar-refractivity contribution is 7.90. The van der Waals surface area contributed by atoms with Gasteiger partial charge in [0.2, 0.25) is 0 Å². The zero-order valence-corrected chi connectivity index (χ0v) is 18.0. The van der Waals surface area contributed by atoms with Crippen LogP contribution in [0.1, 0.15) is 40.0 Å². The van der Waals surface area contributed by atoms with Gasteiger partial charge in [0.25, 0.3) is 0 Å². The van der Waals surface area contributed by atoms with Gasteiger partial charge in [-0.25, -0.2) is 8.42 Å². The number of ether oxygens (including phenoxy) is 1. The second-order valence-electron chi connectivity index (χ2n) is 8.90. The minimum absolute atomic E-state index is 0.131. The quantitative estimate of drug-likeness (QED) is 0.508. The number of fused-ring (bicyclic) bond motifs is 1. The molecule has 2 heterocycles. The Labute approximate surface area is 164 Å². The van der Waals surface area contributed by atoms with Crippen LogP contribution in [0, 0.1) is 11.3 Å². The van der Waals surface area contributed by atoms with E-state index in [-0.39, 0.29) is 11.2 Å².